The molecule has 1 aromatic carbocycles. The summed E-state index contributed by atoms with van der Waals surface area (Å²) in [7, 11) is 4.99. The molecule has 0 spiro atoms. The summed E-state index contributed by atoms with van der Waals surface area (Å²) in [5.41, 5.74) is 2.13. The first kappa shape index (κ1) is 30.0. The number of methoxy groups -OCH3 is 2. The van der Waals surface area contributed by atoms with Crippen molar-refractivity contribution in [3.8, 4) is 22.8 Å². The molecule has 2 atom stereocenters. The van der Waals surface area contributed by atoms with E-state index in [1.807, 2.05) is 37.8 Å². The quantitative estimate of drug-likeness (QED) is 0.175. The number of carbonyl (C=O) groups excluding carboxylic acids is 1. The third-order valence-electron chi connectivity index (χ3n) is 8.32. The van der Waals surface area contributed by atoms with Gasteiger partial charge in [0, 0.05) is 79.9 Å². The van der Waals surface area contributed by atoms with Gasteiger partial charge in [0.05, 0.1) is 41.8 Å². The molecule has 230 valence electrons. The van der Waals surface area contributed by atoms with Gasteiger partial charge in [-0.15, -0.1) is 0 Å². The second-order valence-corrected chi connectivity index (χ2v) is 12.2. The van der Waals surface area contributed by atoms with Gasteiger partial charge in [0.1, 0.15) is 23.1 Å². The summed E-state index contributed by atoms with van der Waals surface area (Å²) in [6, 6.07) is 5.58. The van der Waals surface area contributed by atoms with Crippen LogP contribution in [0.2, 0.25) is 10.0 Å². The van der Waals surface area contributed by atoms with E-state index in [4.69, 9.17) is 42.6 Å². The van der Waals surface area contributed by atoms with Crippen LogP contribution in [0.4, 0.5) is 17.3 Å². The molecule has 1 aliphatic carbocycles. The molecule has 10 nitrogen and oxygen atoms in total. The minimum Gasteiger partial charge on any atom is -0.495 e. The van der Waals surface area contributed by atoms with Crippen LogP contribution in [0.5, 0.6) is 11.5 Å². The van der Waals surface area contributed by atoms with Crippen molar-refractivity contribution in [1.82, 2.24) is 19.7 Å². The van der Waals surface area contributed by atoms with Crippen molar-refractivity contribution in [2.45, 2.75) is 25.3 Å². The second kappa shape index (κ2) is 12.5. The standard InChI is InChI=1S/C32H35Cl2N7O3/c1-5-22(42)8-20-15-41(21-14-37-40(2)16-21)17-25(20)38-28-10-23-19(13-35-28)9-24(39-32(23)36-12-18-6-7-18)29-30(33)26(43-3)11-27(44-4)31(29)34/h5,9-11,13-14,16,18,20,25H,1,6-8,12,15,17H2,2-4H3,(H,35,38)(H,36,39)/t20-,25+/m0/s1. The maximum Gasteiger partial charge on any atom is 0.155 e. The third kappa shape index (κ3) is 6.14. The van der Waals surface area contributed by atoms with E-state index in [2.05, 4.69) is 27.2 Å². The number of pyridine rings is 2. The zero-order valence-electron chi connectivity index (χ0n) is 24.9. The number of hydrogen-bond donors (Lipinski definition) is 2. The lowest BCUT2D eigenvalue weighted by atomic mass is 9.97. The van der Waals surface area contributed by atoms with Gasteiger partial charge < -0.3 is 25.0 Å². The van der Waals surface area contributed by atoms with Crippen LogP contribution in [0, 0.1) is 11.8 Å². The average molecular weight is 637 g/mol. The van der Waals surface area contributed by atoms with Crippen LogP contribution in [-0.4, -0.2) is 65.4 Å². The Morgan fingerprint density at radius 3 is 2.50 bits per heavy atom. The van der Waals surface area contributed by atoms with E-state index < -0.39 is 0 Å². The van der Waals surface area contributed by atoms with Crippen LogP contribution in [0.3, 0.4) is 0 Å². The summed E-state index contributed by atoms with van der Waals surface area (Å²) >= 11 is 13.5. The monoisotopic (exact) mass is 635 g/mol. The van der Waals surface area contributed by atoms with Crippen molar-refractivity contribution >= 4 is 57.1 Å². The smallest absolute Gasteiger partial charge is 0.155 e. The van der Waals surface area contributed by atoms with E-state index in [9.17, 15) is 4.79 Å². The number of halogens is 2. The number of benzene rings is 1. The highest BCUT2D eigenvalue weighted by Crippen LogP contribution is 2.46. The van der Waals surface area contributed by atoms with Crippen molar-refractivity contribution in [1.29, 1.82) is 0 Å². The van der Waals surface area contributed by atoms with E-state index in [1.54, 1.807) is 25.0 Å². The van der Waals surface area contributed by atoms with Crippen LogP contribution < -0.4 is 25.0 Å². The minimum absolute atomic E-state index is 0.0129. The Labute approximate surface area is 266 Å². The lowest BCUT2D eigenvalue weighted by molar-refractivity contribution is -0.115. The number of nitrogens with one attached hydrogen (secondary N) is 2. The number of rotatable bonds is 12. The normalized spacial score (nSPS) is 18.0. The Morgan fingerprint density at radius 1 is 1.11 bits per heavy atom. The summed E-state index contributed by atoms with van der Waals surface area (Å²) in [6.45, 7) is 5.92. The number of aromatic nitrogens is 4. The van der Waals surface area contributed by atoms with Crippen molar-refractivity contribution in [2.24, 2.45) is 18.9 Å². The number of allylic oxidation sites excluding steroid dienone is 1. The molecule has 4 heterocycles. The SMILES string of the molecule is C=CC(=O)C[C@H]1CN(c2cnn(C)c2)C[C@H]1Nc1cc2c(NCC3CC3)nc(-c3c(Cl)c(OC)cc(OC)c3Cl)cc2cn1. The molecule has 1 saturated heterocycles. The van der Waals surface area contributed by atoms with Crippen molar-refractivity contribution < 1.29 is 14.3 Å². The number of hydrogen-bond acceptors (Lipinski definition) is 9. The fourth-order valence-corrected chi connectivity index (χ4v) is 6.41. The molecular weight excluding hydrogens is 601 g/mol. The summed E-state index contributed by atoms with van der Waals surface area (Å²) in [6.07, 6.45) is 9.85. The van der Waals surface area contributed by atoms with Crippen LogP contribution in [0.15, 0.2) is 49.4 Å². The number of nitrogens with zero attached hydrogens (tertiary/aromatic N) is 5. The van der Waals surface area contributed by atoms with Gasteiger partial charge >= 0.3 is 0 Å². The first-order chi connectivity index (χ1) is 21.3. The molecule has 0 amide bonds. The van der Waals surface area contributed by atoms with Gasteiger partial charge in [0.25, 0.3) is 0 Å². The highest BCUT2D eigenvalue weighted by molar-refractivity contribution is 6.41. The largest absolute Gasteiger partial charge is 0.495 e. The number of ether oxygens (including phenoxy) is 2. The molecule has 0 unspecified atom stereocenters. The highest BCUT2D eigenvalue weighted by Gasteiger charge is 2.35. The summed E-state index contributed by atoms with van der Waals surface area (Å²) in [4.78, 5) is 24.4. The van der Waals surface area contributed by atoms with Crippen LogP contribution in [0.25, 0.3) is 22.0 Å². The summed E-state index contributed by atoms with van der Waals surface area (Å²) < 4.78 is 12.8. The zero-order chi connectivity index (χ0) is 31.0. The first-order valence-corrected chi connectivity index (χ1v) is 15.3. The Kier molecular flexibility index (Phi) is 8.55. The first-order valence-electron chi connectivity index (χ1n) is 14.6. The van der Waals surface area contributed by atoms with Crippen molar-refractivity contribution in [3.05, 3.63) is 59.5 Å². The van der Waals surface area contributed by atoms with Gasteiger partial charge in [0.2, 0.25) is 0 Å². The number of fused-ring (bicyclic) bond motifs is 1. The van der Waals surface area contributed by atoms with E-state index >= 15 is 0 Å². The fourth-order valence-electron chi connectivity index (χ4n) is 5.72. The zero-order valence-corrected chi connectivity index (χ0v) is 26.5. The summed E-state index contributed by atoms with van der Waals surface area (Å²) in [5, 5.41) is 14.0. The average Bonchev–Trinajstić information content (AvgIpc) is 3.63. The van der Waals surface area contributed by atoms with E-state index in [1.165, 1.54) is 18.9 Å². The van der Waals surface area contributed by atoms with Gasteiger partial charge in [-0.05, 0) is 37.0 Å². The molecule has 2 aliphatic rings. The lowest BCUT2D eigenvalue weighted by Crippen LogP contribution is -2.30. The van der Waals surface area contributed by atoms with E-state index in [-0.39, 0.29) is 17.7 Å². The van der Waals surface area contributed by atoms with Gasteiger partial charge in [0.15, 0.2) is 5.78 Å². The molecule has 1 saturated carbocycles. The Hall–Kier alpha value is -4.02. The molecule has 4 aromatic rings. The minimum atomic E-state index is -0.0129. The van der Waals surface area contributed by atoms with Crippen LogP contribution in [0.1, 0.15) is 19.3 Å². The number of carbonyl (C=O) groups is 1. The molecule has 1 aliphatic heterocycles. The molecule has 3 aromatic heterocycles. The van der Waals surface area contributed by atoms with Crippen LogP contribution in [-0.2, 0) is 11.8 Å². The molecule has 2 N–H and O–H groups in total. The van der Waals surface area contributed by atoms with Gasteiger partial charge in [-0.3, -0.25) is 9.48 Å². The Bertz CT molecular complexity index is 1690. The lowest BCUT2D eigenvalue weighted by Gasteiger charge is -2.20. The Balaban J connectivity index is 1.36. The number of ketones is 1. The molecule has 0 radical (unpaired) electrons. The molecule has 2 fully saturated rings. The topological polar surface area (TPSA) is 106 Å². The van der Waals surface area contributed by atoms with Gasteiger partial charge in [-0.2, -0.15) is 5.10 Å². The molecule has 0 bridgehead atoms. The van der Waals surface area contributed by atoms with Gasteiger partial charge in [-0.1, -0.05) is 29.8 Å². The predicted molar refractivity (Wildman–Crippen MR) is 175 cm³/mol. The fraction of sp³-hybridized carbons (Fsp3) is 0.375. The third-order valence-corrected chi connectivity index (χ3v) is 9.07. The predicted octanol–water partition coefficient (Wildman–Crippen LogP) is 6.24. The van der Waals surface area contributed by atoms with Crippen molar-refractivity contribution in [2.75, 3.05) is 49.4 Å². The van der Waals surface area contributed by atoms with Gasteiger partial charge in [-0.25, -0.2) is 9.97 Å². The molecular formula is C32H35Cl2N7O3. The molecule has 6 rings (SSSR count). The number of anilines is 3. The van der Waals surface area contributed by atoms with E-state index in [0.29, 0.717) is 63.3 Å². The number of aryl methyl sites for hydroxylation is 1. The highest BCUT2D eigenvalue weighted by atomic mass is 35.5. The van der Waals surface area contributed by atoms with E-state index in [0.717, 1.165) is 29.5 Å². The van der Waals surface area contributed by atoms with Crippen LogP contribution >= 0.6 is 23.2 Å². The van der Waals surface area contributed by atoms with Crippen molar-refractivity contribution in [3.63, 3.8) is 0 Å². The molecule has 12 heteroatoms. The Morgan fingerprint density at radius 2 is 1.86 bits per heavy atom. The molecule has 44 heavy (non-hydrogen) atoms. The summed E-state index contributed by atoms with van der Waals surface area (Å²) in [5.74, 6) is 3.02. The maximum absolute atomic E-state index is 12.4. The maximum atomic E-state index is 12.4. The second-order valence-electron chi connectivity index (χ2n) is 11.4.